The zero-order valence-electron chi connectivity index (χ0n) is 19.8. The van der Waals surface area contributed by atoms with Crippen LogP contribution in [-0.4, -0.2) is 57.1 Å². The molecule has 5 nitrogen and oxygen atoms in total. The maximum Gasteiger partial charge on any atom is 0.247 e. The van der Waals surface area contributed by atoms with Crippen molar-refractivity contribution in [3.8, 4) is 11.5 Å². The lowest BCUT2D eigenvalue weighted by atomic mass is 9.97. The summed E-state index contributed by atoms with van der Waals surface area (Å²) in [6.07, 6.45) is 1.74. The van der Waals surface area contributed by atoms with E-state index >= 15 is 0 Å². The molecule has 0 aromatic heterocycles. The van der Waals surface area contributed by atoms with Crippen molar-refractivity contribution in [2.24, 2.45) is 0 Å². The van der Waals surface area contributed by atoms with Crippen LogP contribution < -0.4 is 9.47 Å². The molecule has 0 N–H and O–H groups in total. The van der Waals surface area contributed by atoms with Crippen molar-refractivity contribution in [2.45, 2.75) is 6.54 Å². The third-order valence-electron chi connectivity index (χ3n) is 5.41. The highest BCUT2D eigenvalue weighted by Crippen LogP contribution is 2.27. The Morgan fingerprint density at radius 3 is 1.73 bits per heavy atom. The van der Waals surface area contributed by atoms with Gasteiger partial charge >= 0.3 is 0 Å². The number of hydrogen-bond acceptors (Lipinski definition) is 4. The summed E-state index contributed by atoms with van der Waals surface area (Å²) in [5.74, 6) is 1.52. The molecule has 3 rings (SSSR count). The second kappa shape index (κ2) is 11.9. The van der Waals surface area contributed by atoms with E-state index in [4.69, 9.17) is 9.47 Å². The normalized spacial score (nSPS) is 10.6. The van der Waals surface area contributed by atoms with E-state index in [0.717, 1.165) is 40.3 Å². The van der Waals surface area contributed by atoms with Crippen molar-refractivity contribution >= 4 is 11.5 Å². The third kappa shape index (κ3) is 6.96. The topological polar surface area (TPSA) is 42.0 Å². The number of ether oxygens (including phenoxy) is 2. The summed E-state index contributed by atoms with van der Waals surface area (Å²) in [6.45, 7) is 1.98. The van der Waals surface area contributed by atoms with Crippen molar-refractivity contribution in [2.75, 3.05) is 41.4 Å². The standard InChI is InChI=1S/C28H32N2O3/c1-29(2)18-19-30(21-22-8-6-5-7-9-22)28(31)20-27(23-10-14-25(32-3)15-11-23)24-12-16-26(33-4)17-13-24/h5-17,20H,18-19,21H2,1-4H3. The summed E-state index contributed by atoms with van der Waals surface area (Å²) < 4.78 is 10.6. The largest absolute Gasteiger partial charge is 0.497 e. The summed E-state index contributed by atoms with van der Waals surface area (Å²) in [7, 11) is 7.32. The molecule has 0 saturated heterocycles. The van der Waals surface area contributed by atoms with Crippen LogP contribution >= 0.6 is 0 Å². The van der Waals surface area contributed by atoms with E-state index in [0.29, 0.717) is 13.1 Å². The molecular weight excluding hydrogens is 412 g/mol. The smallest absolute Gasteiger partial charge is 0.247 e. The molecule has 0 saturated carbocycles. The molecule has 0 unspecified atom stereocenters. The number of carbonyl (C=O) groups is 1. The molecule has 33 heavy (non-hydrogen) atoms. The first-order valence-corrected chi connectivity index (χ1v) is 11.0. The maximum absolute atomic E-state index is 13.5. The number of likely N-dealkylation sites (N-methyl/N-ethyl adjacent to an activating group) is 1. The van der Waals surface area contributed by atoms with Crippen molar-refractivity contribution < 1.29 is 14.3 Å². The minimum absolute atomic E-state index is 0.0256. The first-order valence-electron chi connectivity index (χ1n) is 11.0. The first-order chi connectivity index (χ1) is 16.0. The summed E-state index contributed by atoms with van der Waals surface area (Å²) >= 11 is 0. The van der Waals surface area contributed by atoms with Gasteiger partial charge in [-0.1, -0.05) is 54.6 Å². The molecule has 3 aromatic carbocycles. The Kier molecular flexibility index (Phi) is 8.67. The Labute approximate surface area is 196 Å². The van der Waals surface area contributed by atoms with E-state index in [1.807, 2.05) is 97.9 Å². The van der Waals surface area contributed by atoms with Crippen LogP contribution in [0.5, 0.6) is 11.5 Å². The molecular formula is C28H32N2O3. The van der Waals surface area contributed by atoms with Crippen molar-refractivity contribution in [3.63, 3.8) is 0 Å². The Hall–Kier alpha value is -3.57. The Bertz CT molecular complexity index is 993. The summed E-state index contributed by atoms with van der Waals surface area (Å²) in [5, 5.41) is 0. The second-order valence-corrected chi connectivity index (χ2v) is 8.06. The zero-order chi connectivity index (χ0) is 23.6. The van der Waals surface area contributed by atoms with Gasteiger partial charge in [0.1, 0.15) is 11.5 Å². The molecule has 0 spiro atoms. The maximum atomic E-state index is 13.5. The van der Waals surface area contributed by atoms with Gasteiger partial charge in [0.25, 0.3) is 0 Å². The molecule has 0 aliphatic heterocycles. The fourth-order valence-corrected chi connectivity index (χ4v) is 3.48. The fraction of sp³-hybridized carbons (Fsp3) is 0.250. The van der Waals surface area contributed by atoms with E-state index in [-0.39, 0.29) is 5.91 Å². The third-order valence-corrected chi connectivity index (χ3v) is 5.41. The van der Waals surface area contributed by atoms with Crippen LogP contribution in [-0.2, 0) is 11.3 Å². The highest BCUT2D eigenvalue weighted by atomic mass is 16.5. The lowest BCUT2D eigenvalue weighted by Crippen LogP contribution is -2.35. The molecule has 5 heteroatoms. The van der Waals surface area contributed by atoms with Gasteiger partial charge in [-0.2, -0.15) is 0 Å². The lowest BCUT2D eigenvalue weighted by Gasteiger charge is -2.24. The van der Waals surface area contributed by atoms with Crippen molar-refractivity contribution in [3.05, 3.63) is 102 Å². The van der Waals surface area contributed by atoms with Crippen LogP contribution in [0.3, 0.4) is 0 Å². The zero-order valence-corrected chi connectivity index (χ0v) is 19.8. The second-order valence-electron chi connectivity index (χ2n) is 8.06. The van der Waals surface area contributed by atoms with Gasteiger partial charge in [0.05, 0.1) is 14.2 Å². The first kappa shape index (κ1) is 24.1. The van der Waals surface area contributed by atoms with Gasteiger partial charge in [-0.15, -0.1) is 0 Å². The molecule has 0 aliphatic rings. The van der Waals surface area contributed by atoms with E-state index in [1.165, 1.54) is 0 Å². The molecule has 0 fully saturated rings. The van der Waals surface area contributed by atoms with Crippen LogP contribution in [0.2, 0.25) is 0 Å². The molecule has 0 atom stereocenters. The molecule has 0 heterocycles. The number of amides is 1. The Morgan fingerprint density at radius 2 is 1.27 bits per heavy atom. The number of hydrogen-bond donors (Lipinski definition) is 0. The molecule has 0 radical (unpaired) electrons. The monoisotopic (exact) mass is 444 g/mol. The van der Waals surface area contributed by atoms with Gasteiger partial charge in [-0.05, 0) is 60.6 Å². The van der Waals surface area contributed by atoms with Crippen LogP contribution in [0, 0.1) is 0 Å². The van der Waals surface area contributed by atoms with Crippen LogP contribution in [0.15, 0.2) is 84.9 Å². The van der Waals surface area contributed by atoms with E-state index in [1.54, 1.807) is 20.3 Å². The van der Waals surface area contributed by atoms with E-state index in [2.05, 4.69) is 4.90 Å². The summed E-state index contributed by atoms with van der Waals surface area (Å²) in [4.78, 5) is 17.5. The lowest BCUT2D eigenvalue weighted by molar-refractivity contribution is -0.126. The molecule has 3 aromatic rings. The number of carbonyl (C=O) groups excluding carboxylic acids is 1. The van der Waals surface area contributed by atoms with E-state index in [9.17, 15) is 4.79 Å². The van der Waals surface area contributed by atoms with Gasteiger partial charge in [0.2, 0.25) is 5.91 Å². The number of methoxy groups -OCH3 is 2. The molecule has 172 valence electrons. The van der Waals surface area contributed by atoms with Gasteiger partial charge in [0.15, 0.2) is 0 Å². The van der Waals surface area contributed by atoms with E-state index < -0.39 is 0 Å². The Morgan fingerprint density at radius 1 is 0.758 bits per heavy atom. The molecule has 1 amide bonds. The quantitative estimate of drug-likeness (QED) is 0.424. The summed E-state index contributed by atoms with van der Waals surface area (Å²) in [5.41, 5.74) is 3.85. The van der Waals surface area contributed by atoms with Gasteiger partial charge in [0, 0.05) is 25.7 Å². The van der Waals surface area contributed by atoms with Gasteiger partial charge in [-0.3, -0.25) is 4.79 Å². The van der Waals surface area contributed by atoms with Gasteiger partial charge < -0.3 is 19.3 Å². The van der Waals surface area contributed by atoms with Gasteiger partial charge in [-0.25, -0.2) is 0 Å². The average molecular weight is 445 g/mol. The molecule has 0 aliphatic carbocycles. The van der Waals surface area contributed by atoms with Crippen LogP contribution in [0.1, 0.15) is 16.7 Å². The van der Waals surface area contributed by atoms with Crippen LogP contribution in [0.4, 0.5) is 0 Å². The summed E-state index contributed by atoms with van der Waals surface area (Å²) in [6, 6.07) is 25.6. The predicted molar refractivity (Wildman–Crippen MR) is 133 cm³/mol. The average Bonchev–Trinajstić information content (AvgIpc) is 2.85. The van der Waals surface area contributed by atoms with Crippen molar-refractivity contribution in [1.29, 1.82) is 0 Å². The SMILES string of the molecule is COc1ccc(C(=CC(=O)N(CCN(C)C)Cc2ccccc2)c2ccc(OC)cc2)cc1. The minimum atomic E-state index is -0.0256. The number of benzene rings is 3. The number of nitrogens with zero attached hydrogens (tertiary/aromatic N) is 2. The Balaban J connectivity index is 1.97. The number of rotatable bonds is 10. The predicted octanol–water partition coefficient (Wildman–Crippen LogP) is 4.73. The van der Waals surface area contributed by atoms with Crippen LogP contribution in [0.25, 0.3) is 5.57 Å². The highest BCUT2D eigenvalue weighted by Gasteiger charge is 2.15. The molecule has 0 bridgehead atoms. The highest BCUT2D eigenvalue weighted by molar-refractivity contribution is 5.99. The minimum Gasteiger partial charge on any atom is -0.497 e. The fourth-order valence-electron chi connectivity index (χ4n) is 3.48. The van der Waals surface area contributed by atoms with Crippen molar-refractivity contribution in [1.82, 2.24) is 9.80 Å².